The third kappa shape index (κ3) is 4.06. The predicted molar refractivity (Wildman–Crippen MR) is 108 cm³/mol. The van der Waals surface area contributed by atoms with E-state index in [-0.39, 0.29) is 28.9 Å². The number of fused-ring (bicyclic) bond motifs is 2. The Kier molecular flexibility index (Phi) is 5.69. The zero-order chi connectivity index (χ0) is 19.8. The Bertz CT molecular complexity index is 793. The van der Waals surface area contributed by atoms with Crippen LogP contribution in [-0.2, 0) is 20.2 Å². The number of rotatable bonds is 5. The highest BCUT2D eigenvalue weighted by Crippen LogP contribution is 2.52. The summed E-state index contributed by atoms with van der Waals surface area (Å²) in [7, 11) is 0.428. The molecule has 5 nitrogen and oxygen atoms in total. The van der Waals surface area contributed by atoms with Crippen molar-refractivity contribution in [2.24, 2.45) is 5.92 Å². The number of piperidine rings is 1. The van der Waals surface area contributed by atoms with Gasteiger partial charge < -0.3 is 4.90 Å². The number of carbonyl (C=O) groups is 1. The first kappa shape index (κ1) is 20.3. The Labute approximate surface area is 163 Å². The molecule has 3 rings (SSSR count). The van der Waals surface area contributed by atoms with Crippen LogP contribution in [0.2, 0.25) is 0 Å². The number of hydrogen-bond donors (Lipinski definition) is 0. The average molecular weight is 393 g/mol. The summed E-state index contributed by atoms with van der Waals surface area (Å²) in [6.07, 6.45) is 3.16. The number of carbonyl (C=O) groups excluding carboxylic acids is 1. The molecule has 1 aliphatic heterocycles. The van der Waals surface area contributed by atoms with Gasteiger partial charge in [-0.25, -0.2) is 12.7 Å². The Hall–Kier alpha value is -1.40. The van der Waals surface area contributed by atoms with Crippen LogP contribution >= 0.6 is 0 Å². The Morgan fingerprint density at radius 2 is 1.85 bits per heavy atom. The van der Waals surface area contributed by atoms with Gasteiger partial charge in [0, 0.05) is 33.6 Å². The van der Waals surface area contributed by atoms with E-state index in [0.29, 0.717) is 19.5 Å². The largest absolute Gasteiger partial charge is 0.349 e. The highest BCUT2D eigenvalue weighted by atomic mass is 32.2. The van der Waals surface area contributed by atoms with Gasteiger partial charge in [0.15, 0.2) is 0 Å². The third-order valence-corrected chi connectivity index (χ3v) is 8.39. The first-order valence-electron chi connectivity index (χ1n) is 9.92. The van der Waals surface area contributed by atoms with Gasteiger partial charge in [-0.1, -0.05) is 38.1 Å². The van der Waals surface area contributed by atoms with Gasteiger partial charge in [-0.05, 0) is 47.6 Å². The van der Waals surface area contributed by atoms with Crippen LogP contribution in [0.5, 0.6) is 0 Å². The molecule has 1 amide bonds. The summed E-state index contributed by atoms with van der Waals surface area (Å²) in [5.41, 5.74) is 2.63. The normalized spacial score (nSPS) is 22.2. The van der Waals surface area contributed by atoms with Crippen molar-refractivity contribution >= 4 is 15.9 Å². The number of sulfonamides is 1. The van der Waals surface area contributed by atoms with E-state index in [1.54, 1.807) is 23.3 Å². The van der Waals surface area contributed by atoms with Crippen LogP contribution in [0.3, 0.4) is 0 Å². The molecule has 1 aliphatic carbocycles. The van der Waals surface area contributed by atoms with Crippen molar-refractivity contribution in [1.29, 1.82) is 0 Å². The summed E-state index contributed by atoms with van der Waals surface area (Å²) in [5.74, 6) is 0.745. The van der Waals surface area contributed by atoms with E-state index in [9.17, 15) is 13.2 Å². The van der Waals surface area contributed by atoms with Gasteiger partial charge in [0.05, 0.1) is 5.75 Å². The van der Waals surface area contributed by atoms with Crippen molar-refractivity contribution in [2.75, 3.05) is 32.9 Å². The fraction of sp³-hybridized carbons (Fsp3) is 0.667. The average Bonchev–Trinajstić information content (AvgIpc) is 2.88. The second-order valence-electron chi connectivity index (χ2n) is 8.83. The molecule has 1 aromatic carbocycles. The summed E-state index contributed by atoms with van der Waals surface area (Å²) in [5, 5.41) is 0. The zero-order valence-electron chi connectivity index (χ0n) is 16.9. The van der Waals surface area contributed by atoms with E-state index < -0.39 is 10.0 Å². The number of nitrogens with zero attached hydrogens (tertiary/aromatic N) is 2. The van der Waals surface area contributed by atoms with Crippen LogP contribution in [0.25, 0.3) is 0 Å². The molecule has 1 fully saturated rings. The minimum atomic E-state index is -3.18. The van der Waals surface area contributed by atoms with E-state index in [1.807, 2.05) is 19.9 Å². The fourth-order valence-corrected chi connectivity index (χ4v) is 6.59. The van der Waals surface area contributed by atoms with E-state index in [0.717, 1.165) is 19.3 Å². The minimum Gasteiger partial charge on any atom is -0.349 e. The lowest BCUT2D eigenvalue weighted by molar-refractivity contribution is -0.129. The summed E-state index contributed by atoms with van der Waals surface area (Å²) in [4.78, 5) is 14.0. The fourth-order valence-electron chi connectivity index (χ4n) is 4.80. The Morgan fingerprint density at radius 3 is 2.44 bits per heavy atom. The molecular formula is C21H32N2O3S. The standard InChI is InChI=1S/C21H32N2O3S/c1-16(2)15-27(25,26)23-11-9-21(10-12-23)14-17(13-20(24)22(3)4)18-7-5-6-8-19(18)21/h5-8,16-17H,9-15H2,1-4H3/t17-/m1/s1. The van der Waals surface area contributed by atoms with Gasteiger partial charge in [-0.2, -0.15) is 0 Å². The maximum Gasteiger partial charge on any atom is 0.222 e. The number of amides is 1. The molecule has 1 aromatic rings. The second-order valence-corrected chi connectivity index (χ2v) is 10.8. The van der Waals surface area contributed by atoms with Crippen LogP contribution < -0.4 is 0 Å². The van der Waals surface area contributed by atoms with Crippen LogP contribution in [0.1, 0.15) is 56.6 Å². The highest BCUT2D eigenvalue weighted by Gasteiger charge is 2.47. The molecule has 2 aliphatic rings. The molecule has 1 saturated heterocycles. The van der Waals surface area contributed by atoms with Crippen LogP contribution in [0.4, 0.5) is 0 Å². The molecule has 1 atom stereocenters. The van der Waals surface area contributed by atoms with Gasteiger partial charge in [-0.3, -0.25) is 4.79 Å². The quantitative estimate of drug-likeness (QED) is 0.774. The van der Waals surface area contributed by atoms with Crippen molar-refractivity contribution in [3.05, 3.63) is 35.4 Å². The van der Waals surface area contributed by atoms with E-state index in [1.165, 1.54) is 11.1 Å². The highest BCUT2D eigenvalue weighted by molar-refractivity contribution is 7.89. The molecule has 6 heteroatoms. The lowest BCUT2D eigenvalue weighted by atomic mass is 9.73. The maximum atomic E-state index is 12.6. The topological polar surface area (TPSA) is 57.7 Å². The third-order valence-electron chi connectivity index (χ3n) is 6.15. The number of hydrogen-bond acceptors (Lipinski definition) is 3. The van der Waals surface area contributed by atoms with Crippen LogP contribution in [0.15, 0.2) is 24.3 Å². The molecule has 0 aromatic heterocycles. The van der Waals surface area contributed by atoms with Crippen LogP contribution in [0, 0.1) is 5.92 Å². The molecule has 27 heavy (non-hydrogen) atoms. The van der Waals surface area contributed by atoms with Gasteiger partial charge >= 0.3 is 0 Å². The first-order chi connectivity index (χ1) is 12.6. The molecule has 0 radical (unpaired) electrons. The maximum absolute atomic E-state index is 12.6. The smallest absolute Gasteiger partial charge is 0.222 e. The minimum absolute atomic E-state index is 0.0116. The molecule has 1 heterocycles. The van der Waals surface area contributed by atoms with Crippen molar-refractivity contribution in [3.8, 4) is 0 Å². The molecule has 0 unspecified atom stereocenters. The zero-order valence-corrected chi connectivity index (χ0v) is 17.8. The molecule has 0 bridgehead atoms. The lowest BCUT2D eigenvalue weighted by Gasteiger charge is -2.40. The van der Waals surface area contributed by atoms with E-state index in [2.05, 4.69) is 18.2 Å². The molecular weight excluding hydrogens is 360 g/mol. The first-order valence-corrected chi connectivity index (χ1v) is 11.5. The van der Waals surface area contributed by atoms with Crippen LogP contribution in [-0.4, -0.2) is 56.5 Å². The Morgan fingerprint density at radius 1 is 1.22 bits per heavy atom. The van der Waals surface area contributed by atoms with Gasteiger partial charge in [0.2, 0.25) is 15.9 Å². The van der Waals surface area contributed by atoms with Crippen molar-refractivity contribution in [2.45, 2.75) is 50.9 Å². The predicted octanol–water partition coefficient (Wildman–Crippen LogP) is 2.97. The summed E-state index contributed by atoms with van der Waals surface area (Å²) < 4.78 is 26.9. The van der Waals surface area contributed by atoms with Crippen molar-refractivity contribution < 1.29 is 13.2 Å². The second kappa shape index (κ2) is 7.55. The molecule has 0 N–H and O–H groups in total. The van der Waals surface area contributed by atoms with E-state index >= 15 is 0 Å². The summed E-state index contributed by atoms with van der Waals surface area (Å²) in [6.45, 7) is 5.06. The molecule has 1 spiro atoms. The van der Waals surface area contributed by atoms with Crippen molar-refractivity contribution in [3.63, 3.8) is 0 Å². The summed E-state index contributed by atoms with van der Waals surface area (Å²) in [6, 6.07) is 8.46. The van der Waals surface area contributed by atoms with E-state index in [4.69, 9.17) is 0 Å². The Balaban J connectivity index is 1.79. The van der Waals surface area contributed by atoms with Crippen molar-refractivity contribution in [1.82, 2.24) is 9.21 Å². The monoisotopic (exact) mass is 392 g/mol. The SMILES string of the molecule is CC(C)CS(=O)(=O)N1CCC2(CC1)C[C@@H](CC(=O)N(C)C)c1ccccc12. The number of benzene rings is 1. The summed E-state index contributed by atoms with van der Waals surface area (Å²) >= 11 is 0. The molecule has 150 valence electrons. The van der Waals surface area contributed by atoms with Gasteiger partial charge in [-0.15, -0.1) is 0 Å². The lowest BCUT2D eigenvalue weighted by Crippen LogP contribution is -2.45. The van der Waals surface area contributed by atoms with Gasteiger partial charge in [0.25, 0.3) is 0 Å². The van der Waals surface area contributed by atoms with Gasteiger partial charge in [0.1, 0.15) is 0 Å². The molecule has 0 saturated carbocycles.